The predicted octanol–water partition coefficient (Wildman–Crippen LogP) is -1.16. The van der Waals surface area contributed by atoms with Crippen molar-refractivity contribution >= 4 is 28.0 Å². The zero-order chi connectivity index (χ0) is 25.9. The Labute approximate surface area is 171 Å². The Hall–Kier alpha value is -2.66. The van der Waals surface area contributed by atoms with Crippen LogP contribution in [0.1, 0.15) is 49.7 Å². The lowest BCUT2D eigenvalue weighted by atomic mass is 10.2. The molecule has 10 nitrogen and oxygen atoms in total. The van der Waals surface area contributed by atoms with Gasteiger partial charge in [0.2, 0.25) is 0 Å². The Morgan fingerprint density at radius 2 is 1.82 bits per heavy atom. The molecular formula is C17H27N3O7S. The Kier molecular flexibility index (Phi) is 8.41. The summed E-state index contributed by atoms with van der Waals surface area (Å²) in [5.74, 6) is -1.22. The third kappa shape index (κ3) is 15.6. The summed E-state index contributed by atoms with van der Waals surface area (Å²) in [6.07, 6.45) is 3.02. The average Bonchev–Trinajstić information content (AvgIpc) is 2.62. The maximum Gasteiger partial charge on any atom is 0.338 e. The molecule has 158 valence electrons. The second kappa shape index (κ2) is 13.5. The van der Waals surface area contributed by atoms with Crippen molar-refractivity contribution in [2.75, 3.05) is 19.4 Å². The van der Waals surface area contributed by atoms with Crippen molar-refractivity contribution in [2.24, 2.45) is 11.5 Å². The molecule has 5 N–H and O–H groups in total. The molecule has 28 heavy (non-hydrogen) atoms. The lowest BCUT2D eigenvalue weighted by Crippen LogP contribution is -2.78. The Morgan fingerprint density at radius 3 is 2.36 bits per heavy atom. The number of nitrogens with one attached hydrogen (secondary N) is 1. The number of benzene rings is 1. The lowest BCUT2D eigenvalue weighted by molar-refractivity contribution is -0.459. The van der Waals surface area contributed by atoms with Gasteiger partial charge in [-0.1, -0.05) is 0 Å². The minimum Gasteiger partial charge on any atom is -0.748 e. The van der Waals surface area contributed by atoms with Crippen molar-refractivity contribution < 1.29 is 43.9 Å². The standard InChI is InChI=1S/C16H23N3O4.CH4O3S/c1-2-22-15(21)12-7-9-13(10-8-12)23-14(20)6-4-3-5-11-19-16(17)18;1-5(2,3)4/h7-10H,2-6,11H2,1H3,(H4,17,18,19);1H3,(H,2,3,4)/i1D3,2D2;. The van der Waals surface area contributed by atoms with E-state index in [0.717, 1.165) is 12.8 Å². The summed E-state index contributed by atoms with van der Waals surface area (Å²) in [5.41, 5.74) is 10.4. The van der Waals surface area contributed by atoms with Crippen LogP contribution in [0.15, 0.2) is 24.3 Å². The van der Waals surface area contributed by atoms with Gasteiger partial charge in [0.05, 0.1) is 31.5 Å². The van der Waals surface area contributed by atoms with Gasteiger partial charge in [0, 0.05) is 16.8 Å². The molecule has 11 heteroatoms. The van der Waals surface area contributed by atoms with Gasteiger partial charge in [-0.25, -0.2) is 13.2 Å². The highest BCUT2D eigenvalue weighted by atomic mass is 32.2. The number of carbonyl (C=O) groups is 2. The fourth-order valence-corrected chi connectivity index (χ4v) is 1.75. The Bertz CT molecular complexity index is 908. The number of unbranched alkanes of at least 4 members (excludes halogenated alkanes) is 2. The number of esters is 2. The van der Waals surface area contributed by atoms with Crippen LogP contribution in [0.4, 0.5) is 0 Å². The minimum absolute atomic E-state index is 0.0728. The van der Waals surface area contributed by atoms with Crippen LogP contribution in [-0.2, 0) is 19.6 Å². The van der Waals surface area contributed by atoms with Crippen LogP contribution in [0, 0.1) is 0 Å². The van der Waals surface area contributed by atoms with Crippen LogP contribution in [0.3, 0.4) is 0 Å². The molecule has 1 aromatic rings. The van der Waals surface area contributed by atoms with Crippen LogP contribution in [0.2, 0.25) is 0 Å². The van der Waals surface area contributed by atoms with Gasteiger partial charge in [0.1, 0.15) is 5.75 Å². The van der Waals surface area contributed by atoms with Gasteiger partial charge in [-0.3, -0.25) is 21.3 Å². The molecule has 0 bridgehead atoms. The van der Waals surface area contributed by atoms with Crippen LogP contribution in [0.25, 0.3) is 0 Å². The Morgan fingerprint density at radius 1 is 1.21 bits per heavy atom. The van der Waals surface area contributed by atoms with Crippen LogP contribution in [0.5, 0.6) is 5.75 Å². The molecule has 0 fully saturated rings. The van der Waals surface area contributed by atoms with Crippen molar-refractivity contribution in [3.63, 3.8) is 0 Å². The molecule has 0 amide bonds. The minimum atomic E-state index is -3.92. The molecule has 0 heterocycles. The highest BCUT2D eigenvalue weighted by Gasteiger charge is 2.08. The topological polar surface area (TPSA) is 176 Å². The number of ether oxygens (including phenoxy) is 2. The predicted molar refractivity (Wildman–Crippen MR) is 101 cm³/mol. The summed E-state index contributed by atoms with van der Waals surface area (Å²) in [6, 6.07) is 5.17. The first kappa shape index (κ1) is 17.4. The quantitative estimate of drug-likeness (QED) is 0.111. The third-order valence-corrected chi connectivity index (χ3v) is 2.85. The van der Waals surface area contributed by atoms with E-state index in [-0.39, 0.29) is 23.7 Å². The van der Waals surface area contributed by atoms with E-state index in [1.165, 1.54) is 24.3 Å². The van der Waals surface area contributed by atoms with Gasteiger partial charge >= 0.3 is 17.9 Å². The zero-order valence-corrected chi connectivity index (χ0v) is 16.1. The SMILES string of the molecule is CS(=O)(=O)[O-].[2H]C([2H])([2H])C([2H])([2H])OC(=O)c1ccc(OC(=O)CCCCC[NH+]=C(N)N)cc1. The van der Waals surface area contributed by atoms with Gasteiger partial charge in [-0.05, 0) is 50.4 Å². The van der Waals surface area contributed by atoms with Gasteiger partial charge in [-0.2, -0.15) is 0 Å². The van der Waals surface area contributed by atoms with Crippen molar-refractivity contribution in [3.05, 3.63) is 29.8 Å². The molecule has 0 atom stereocenters. The first-order chi connectivity index (χ1) is 14.9. The summed E-state index contributed by atoms with van der Waals surface area (Å²) in [7, 11) is -3.92. The van der Waals surface area contributed by atoms with Crippen LogP contribution < -0.4 is 21.2 Å². The van der Waals surface area contributed by atoms with E-state index in [2.05, 4.69) is 9.73 Å². The second-order valence-electron chi connectivity index (χ2n) is 5.39. The monoisotopic (exact) mass is 422 g/mol. The smallest absolute Gasteiger partial charge is 0.338 e. The largest absolute Gasteiger partial charge is 0.748 e. The summed E-state index contributed by atoms with van der Waals surface area (Å²) >= 11 is 0. The molecular weight excluding hydrogens is 390 g/mol. The normalized spacial score (nSPS) is 13.9. The van der Waals surface area contributed by atoms with Crippen LogP contribution in [-0.4, -0.2) is 50.2 Å². The molecule has 1 rings (SSSR count). The van der Waals surface area contributed by atoms with E-state index in [1.54, 1.807) is 0 Å². The van der Waals surface area contributed by atoms with Gasteiger partial charge in [-0.15, -0.1) is 0 Å². The Balaban J connectivity index is 0.00000184. The summed E-state index contributed by atoms with van der Waals surface area (Å²) in [6.45, 7) is -5.60. The van der Waals surface area contributed by atoms with Crippen molar-refractivity contribution in [2.45, 2.75) is 32.5 Å². The van der Waals surface area contributed by atoms with Crippen LogP contribution >= 0.6 is 0 Å². The molecule has 1 aromatic carbocycles. The molecule has 0 aliphatic rings. The van der Waals surface area contributed by atoms with Gasteiger partial charge < -0.3 is 14.0 Å². The number of rotatable bonds is 9. The molecule has 0 unspecified atom stereocenters. The summed E-state index contributed by atoms with van der Waals surface area (Å²) in [5, 5.41) is 0. The highest BCUT2D eigenvalue weighted by molar-refractivity contribution is 7.84. The van der Waals surface area contributed by atoms with E-state index in [4.69, 9.17) is 36.0 Å². The van der Waals surface area contributed by atoms with Crippen molar-refractivity contribution in [1.29, 1.82) is 0 Å². The first-order valence-corrected chi connectivity index (χ1v) is 9.81. The molecule has 0 aliphatic heterocycles. The van der Waals surface area contributed by atoms with E-state index < -0.39 is 35.5 Å². The first-order valence-electron chi connectivity index (χ1n) is 10.5. The van der Waals surface area contributed by atoms with E-state index in [9.17, 15) is 9.59 Å². The molecule has 0 saturated carbocycles. The number of nitrogens with two attached hydrogens (primary N) is 2. The second-order valence-corrected chi connectivity index (χ2v) is 6.80. The number of hydrogen-bond donors (Lipinski definition) is 3. The fraction of sp³-hybridized carbons (Fsp3) is 0.471. The highest BCUT2D eigenvalue weighted by Crippen LogP contribution is 2.14. The molecule has 0 aliphatic carbocycles. The van der Waals surface area contributed by atoms with Crippen molar-refractivity contribution in [1.82, 2.24) is 0 Å². The average molecular weight is 423 g/mol. The molecule has 0 spiro atoms. The number of carbonyl (C=O) groups excluding carboxylic acids is 2. The van der Waals surface area contributed by atoms with E-state index in [0.29, 0.717) is 19.2 Å². The van der Waals surface area contributed by atoms with Gasteiger partial charge in [0.15, 0.2) is 0 Å². The maximum absolute atomic E-state index is 11.9. The van der Waals surface area contributed by atoms with Crippen molar-refractivity contribution in [3.8, 4) is 5.75 Å². The zero-order valence-electron chi connectivity index (χ0n) is 20.3. The molecule has 0 saturated heterocycles. The molecule has 0 aromatic heterocycles. The third-order valence-electron chi connectivity index (χ3n) is 2.85. The maximum atomic E-state index is 11.9. The van der Waals surface area contributed by atoms with Gasteiger partial charge in [0.25, 0.3) is 0 Å². The number of hydrogen-bond acceptors (Lipinski definition) is 7. The van der Waals surface area contributed by atoms with E-state index >= 15 is 0 Å². The van der Waals surface area contributed by atoms with E-state index in [1.807, 2.05) is 0 Å². The molecule has 0 radical (unpaired) electrons. The number of guanidine groups is 1. The lowest BCUT2D eigenvalue weighted by Gasteiger charge is -2.05. The summed E-state index contributed by atoms with van der Waals surface area (Å²) in [4.78, 5) is 26.4. The summed E-state index contributed by atoms with van der Waals surface area (Å²) < 4.78 is 72.4. The fourth-order valence-electron chi connectivity index (χ4n) is 1.75.